The molecule has 1 unspecified atom stereocenters. The van der Waals surface area contributed by atoms with Gasteiger partial charge in [0.1, 0.15) is 0 Å². The monoisotopic (exact) mass is 425 g/mol. The van der Waals surface area contributed by atoms with E-state index in [1.165, 1.54) is 5.56 Å². The Balaban J connectivity index is 1.32. The lowest BCUT2D eigenvalue weighted by Crippen LogP contribution is -2.35. The zero-order valence-electron chi connectivity index (χ0n) is 18.2. The Morgan fingerprint density at radius 3 is 2.81 bits per heavy atom. The van der Waals surface area contributed by atoms with Gasteiger partial charge in [-0.2, -0.15) is 5.10 Å². The molecule has 1 aliphatic carbocycles. The summed E-state index contributed by atoms with van der Waals surface area (Å²) in [6.07, 6.45) is 6.89. The molecule has 2 aromatic heterocycles. The minimum atomic E-state index is -0.0607. The van der Waals surface area contributed by atoms with Gasteiger partial charge in [-0.15, -0.1) is 0 Å². The number of nitrogen functional groups attached to an aromatic ring is 1. The maximum atomic E-state index is 12.8. The Morgan fingerprint density at radius 1 is 1.19 bits per heavy atom. The van der Waals surface area contributed by atoms with Crippen LogP contribution in [0.2, 0.25) is 0 Å². The van der Waals surface area contributed by atoms with E-state index in [1.807, 2.05) is 43.7 Å². The van der Waals surface area contributed by atoms with Crippen molar-refractivity contribution in [1.29, 1.82) is 0 Å². The van der Waals surface area contributed by atoms with Gasteiger partial charge < -0.3 is 11.1 Å². The number of aryl methyl sites for hydroxylation is 2. The highest BCUT2D eigenvalue weighted by Crippen LogP contribution is 2.35. The van der Waals surface area contributed by atoms with Gasteiger partial charge in [0.15, 0.2) is 0 Å². The van der Waals surface area contributed by atoms with Gasteiger partial charge in [-0.05, 0) is 48.4 Å². The van der Waals surface area contributed by atoms with Crippen LogP contribution in [-0.2, 0) is 31.1 Å². The summed E-state index contributed by atoms with van der Waals surface area (Å²) in [5.74, 6) is 0.0486. The molecule has 0 saturated carbocycles. The lowest BCUT2D eigenvalue weighted by Gasteiger charge is -2.25. The number of hydrogen-bond acceptors (Lipinski definition) is 4. The molecule has 1 amide bonds. The van der Waals surface area contributed by atoms with Gasteiger partial charge in [-0.25, -0.2) is 0 Å². The van der Waals surface area contributed by atoms with Gasteiger partial charge in [0.2, 0.25) is 5.91 Å². The van der Waals surface area contributed by atoms with Crippen LogP contribution in [0.1, 0.15) is 23.2 Å². The first kappa shape index (κ1) is 20.2. The molecule has 0 aliphatic heterocycles. The molecule has 3 N–H and O–H groups in total. The van der Waals surface area contributed by atoms with E-state index in [2.05, 4.69) is 34.7 Å². The number of carbonyl (C=O) groups excluding carboxylic acids is 1. The smallest absolute Gasteiger partial charge is 0.223 e. The molecule has 0 fully saturated rings. The summed E-state index contributed by atoms with van der Waals surface area (Å²) in [5.41, 5.74) is 13.6. The highest BCUT2D eigenvalue weighted by atomic mass is 16.1. The second-order valence-electron chi connectivity index (χ2n) is 8.55. The van der Waals surface area contributed by atoms with E-state index in [1.54, 1.807) is 4.68 Å². The highest BCUT2D eigenvalue weighted by Gasteiger charge is 2.27. The van der Waals surface area contributed by atoms with E-state index >= 15 is 0 Å². The molecule has 0 spiro atoms. The van der Waals surface area contributed by atoms with E-state index in [9.17, 15) is 4.79 Å². The summed E-state index contributed by atoms with van der Waals surface area (Å²) in [4.78, 5) is 17.7. The molecule has 5 rings (SSSR count). The molecule has 0 saturated heterocycles. The van der Waals surface area contributed by atoms with Crippen molar-refractivity contribution in [2.45, 2.75) is 25.7 Å². The quantitative estimate of drug-likeness (QED) is 0.511. The first-order valence-electron chi connectivity index (χ1n) is 11.1. The molecular weight excluding hydrogens is 398 g/mol. The van der Waals surface area contributed by atoms with E-state index < -0.39 is 0 Å². The predicted molar refractivity (Wildman–Crippen MR) is 127 cm³/mol. The molecule has 6 nitrogen and oxygen atoms in total. The molecule has 0 radical (unpaired) electrons. The first-order chi connectivity index (χ1) is 15.6. The van der Waals surface area contributed by atoms with Crippen LogP contribution in [0.25, 0.3) is 22.0 Å². The molecule has 32 heavy (non-hydrogen) atoms. The molecule has 0 bridgehead atoms. The molecule has 4 aromatic rings. The zero-order chi connectivity index (χ0) is 22.1. The van der Waals surface area contributed by atoms with Crippen LogP contribution in [0.15, 0.2) is 60.9 Å². The summed E-state index contributed by atoms with van der Waals surface area (Å²) in [6.45, 7) is 0.648. The lowest BCUT2D eigenvalue weighted by molar-refractivity contribution is -0.125. The fourth-order valence-corrected chi connectivity index (χ4v) is 4.57. The number of amides is 1. The fraction of sp³-hybridized carbons (Fsp3) is 0.269. The van der Waals surface area contributed by atoms with Crippen molar-refractivity contribution >= 4 is 22.5 Å². The van der Waals surface area contributed by atoms with Crippen LogP contribution in [0.4, 0.5) is 5.69 Å². The Morgan fingerprint density at radius 2 is 2.03 bits per heavy atom. The van der Waals surface area contributed by atoms with Crippen molar-refractivity contribution in [2.75, 3.05) is 12.3 Å². The molecule has 1 aliphatic rings. The number of nitrogens with zero attached hydrogens (tertiary/aromatic N) is 3. The van der Waals surface area contributed by atoms with Crippen molar-refractivity contribution in [3.8, 4) is 11.1 Å². The summed E-state index contributed by atoms with van der Waals surface area (Å²) < 4.78 is 1.79. The fourth-order valence-electron chi connectivity index (χ4n) is 4.57. The lowest BCUT2D eigenvalue weighted by atomic mass is 9.84. The van der Waals surface area contributed by atoms with Crippen molar-refractivity contribution in [3.63, 3.8) is 0 Å². The SMILES string of the molecule is Cn1cc(-c2ccc3c(N)c4c(nc3c2)CCC(C(=O)NCCc2ccccc2)C4)cn1. The van der Waals surface area contributed by atoms with Crippen LogP contribution in [-0.4, -0.2) is 27.2 Å². The number of nitrogens with two attached hydrogens (primary N) is 1. The average Bonchev–Trinajstić information content (AvgIpc) is 3.25. The van der Waals surface area contributed by atoms with E-state index in [0.29, 0.717) is 13.0 Å². The standard InChI is InChI=1S/C26H27N5O/c1-31-16-20(15-29-31)18-7-9-21-24(14-18)30-23-10-8-19(13-22(23)25(21)27)26(32)28-12-11-17-5-3-2-4-6-17/h2-7,9,14-16,19H,8,10-13H2,1H3,(H2,27,30)(H,28,32). The van der Waals surface area contributed by atoms with Crippen molar-refractivity contribution in [2.24, 2.45) is 13.0 Å². The zero-order valence-corrected chi connectivity index (χ0v) is 18.2. The van der Waals surface area contributed by atoms with Gasteiger partial charge in [0.25, 0.3) is 0 Å². The highest BCUT2D eigenvalue weighted by molar-refractivity contribution is 5.95. The Hall–Kier alpha value is -3.67. The Labute approximate surface area is 187 Å². The molecule has 2 aromatic carbocycles. The number of rotatable bonds is 5. The summed E-state index contributed by atoms with van der Waals surface area (Å²) in [7, 11) is 1.91. The summed E-state index contributed by atoms with van der Waals surface area (Å²) in [6, 6.07) is 16.4. The molecular formula is C26H27N5O. The number of fused-ring (bicyclic) bond motifs is 2. The van der Waals surface area contributed by atoms with Gasteiger partial charge in [-0.1, -0.05) is 42.5 Å². The second-order valence-corrected chi connectivity index (χ2v) is 8.55. The van der Waals surface area contributed by atoms with Gasteiger partial charge in [0, 0.05) is 48.0 Å². The van der Waals surface area contributed by atoms with Crippen molar-refractivity contribution < 1.29 is 4.79 Å². The van der Waals surface area contributed by atoms with Crippen molar-refractivity contribution in [3.05, 3.63) is 77.7 Å². The van der Waals surface area contributed by atoms with Gasteiger partial charge in [0.05, 0.1) is 11.7 Å². The number of benzene rings is 2. The number of carbonyl (C=O) groups is 1. The Bertz CT molecular complexity index is 1280. The summed E-state index contributed by atoms with van der Waals surface area (Å²) in [5, 5.41) is 8.31. The summed E-state index contributed by atoms with van der Waals surface area (Å²) >= 11 is 0. The van der Waals surface area contributed by atoms with E-state index in [-0.39, 0.29) is 11.8 Å². The van der Waals surface area contributed by atoms with E-state index in [4.69, 9.17) is 10.7 Å². The third kappa shape index (κ3) is 3.96. The number of aromatic nitrogens is 3. The van der Waals surface area contributed by atoms with Crippen LogP contribution >= 0.6 is 0 Å². The number of nitrogens with one attached hydrogen (secondary N) is 1. The second kappa shape index (κ2) is 8.46. The predicted octanol–water partition coefficient (Wildman–Crippen LogP) is 3.68. The van der Waals surface area contributed by atoms with E-state index in [0.717, 1.165) is 58.2 Å². The maximum Gasteiger partial charge on any atom is 0.223 e. The van der Waals surface area contributed by atoms with Crippen LogP contribution in [0.5, 0.6) is 0 Å². The van der Waals surface area contributed by atoms with Crippen molar-refractivity contribution in [1.82, 2.24) is 20.1 Å². The average molecular weight is 426 g/mol. The normalized spacial score (nSPS) is 15.5. The van der Waals surface area contributed by atoms with Gasteiger partial charge >= 0.3 is 0 Å². The largest absolute Gasteiger partial charge is 0.398 e. The molecule has 1 atom stereocenters. The van der Waals surface area contributed by atoms with Crippen LogP contribution < -0.4 is 11.1 Å². The van der Waals surface area contributed by atoms with Crippen LogP contribution in [0.3, 0.4) is 0 Å². The minimum absolute atomic E-state index is 0.0607. The number of anilines is 1. The maximum absolute atomic E-state index is 12.8. The first-order valence-corrected chi connectivity index (χ1v) is 11.1. The molecule has 6 heteroatoms. The minimum Gasteiger partial charge on any atom is -0.398 e. The van der Waals surface area contributed by atoms with Crippen LogP contribution in [0, 0.1) is 5.92 Å². The number of hydrogen-bond donors (Lipinski definition) is 2. The third-order valence-corrected chi connectivity index (χ3v) is 6.36. The molecule has 2 heterocycles. The third-order valence-electron chi connectivity index (χ3n) is 6.36. The van der Waals surface area contributed by atoms with Gasteiger partial charge in [-0.3, -0.25) is 14.5 Å². The topological polar surface area (TPSA) is 85.8 Å². The number of pyridine rings is 1. The Kier molecular flexibility index (Phi) is 5.35. The molecule has 162 valence electrons.